The number of aromatic hydroxyl groups is 1. The van der Waals surface area contributed by atoms with Gasteiger partial charge in [0.15, 0.2) is 0 Å². The van der Waals surface area contributed by atoms with Crippen molar-refractivity contribution in [1.82, 2.24) is 0 Å². The van der Waals surface area contributed by atoms with Crippen LogP contribution in [-0.4, -0.2) is 34.1 Å². The summed E-state index contributed by atoms with van der Waals surface area (Å²) in [5.41, 5.74) is 4.56. The third-order valence-electron chi connectivity index (χ3n) is 5.12. The molecular formula is C21H26O4. The second-order valence-corrected chi connectivity index (χ2v) is 6.98. The van der Waals surface area contributed by atoms with Gasteiger partial charge in [-0.1, -0.05) is 37.3 Å². The Labute approximate surface area is 148 Å². The van der Waals surface area contributed by atoms with Crippen molar-refractivity contribution in [3.8, 4) is 5.75 Å². The van der Waals surface area contributed by atoms with Crippen LogP contribution in [0.25, 0.3) is 0 Å². The van der Waals surface area contributed by atoms with E-state index in [0.29, 0.717) is 12.8 Å². The second kappa shape index (κ2) is 7.56. The summed E-state index contributed by atoms with van der Waals surface area (Å²) in [5, 5.41) is 28.9. The van der Waals surface area contributed by atoms with Crippen LogP contribution < -0.4 is 0 Å². The highest BCUT2D eigenvalue weighted by atomic mass is 16.5. The number of ether oxygens (including phenoxy) is 1. The quantitative estimate of drug-likeness (QED) is 0.796. The Hall–Kier alpha value is -1.88. The van der Waals surface area contributed by atoms with E-state index in [1.54, 1.807) is 12.1 Å². The van der Waals surface area contributed by atoms with Gasteiger partial charge >= 0.3 is 0 Å². The highest BCUT2D eigenvalue weighted by Crippen LogP contribution is 2.35. The second-order valence-electron chi connectivity index (χ2n) is 6.98. The first kappa shape index (κ1) is 17.9. The molecule has 0 aromatic heterocycles. The van der Waals surface area contributed by atoms with Gasteiger partial charge in [0.1, 0.15) is 5.75 Å². The standard InChI is InChI=1S/C21H26O4/c1-13-3-4-16(21-11-18(24)10-19(12-22)25-21)9-20(13)14(2)15-5-7-17(23)8-6-15/h3-9,14,18-19,21-24H,10-12H2,1-2H3. The van der Waals surface area contributed by atoms with Crippen LogP contribution in [0.2, 0.25) is 0 Å². The van der Waals surface area contributed by atoms with Gasteiger partial charge in [0.2, 0.25) is 0 Å². The van der Waals surface area contributed by atoms with Crippen molar-refractivity contribution in [2.45, 2.75) is 50.9 Å². The van der Waals surface area contributed by atoms with Crippen LogP contribution in [-0.2, 0) is 4.74 Å². The maximum atomic E-state index is 10.1. The molecule has 0 aliphatic carbocycles. The third-order valence-corrected chi connectivity index (χ3v) is 5.12. The van der Waals surface area contributed by atoms with Crippen LogP contribution in [0.3, 0.4) is 0 Å². The Balaban J connectivity index is 1.88. The van der Waals surface area contributed by atoms with E-state index in [2.05, 4.69) is 26.0 Å². The Bertz CT molecular complexity index is 710. The summed E-state index contributed by atoms with van der Waals surface area (Å²) in [7, 11) is 0. The predicted octanol–water partition coefficient (Wildman–Crippen LogP) is 3.43. The summed E-state index contributed by atoms with van der Waals surface area (Å²) in [6.07, 6.45) is 0.0675. The number of phenolic OH excluding ortho intramolecular Hbond substituents is 1. The van der Waals surface area contributed by atoms with Gasteiger partial charge in [0.05, 0.1) is 24.9 Å². The third kappa shape index (κ3) is 4.03. The molecule has 0 saturated carbocycles. The summed E-state index contributed by atoms with van der Waals surface area (Å²) in [4.78, 5) is 0. The predicted molar refractivity (Wildman–Crippen MR) is 96.7 cm³/mol. The molecule has 1 fully saturated rings. The van der Waals surface area contributed by atoms with Crippen molar-refractivity contribution in [2.75, 3.05) is 6.61 Å². The van der Waals surface area contributed by atoms with Crippen LogP contribution in [0, 0.1) is 6.92 Å². The topological polar surface area (TPSA) is 69.9 Å². The van der Waals surface area contributed by atoms with Crippen LogP contribution in [0.1, 0.15) is 54.0 Å². The van der Waals surface area contributed by atoms with E-state index in [1.165, 1.54) is 11.1 Å². The summed E-state index contributed by atoms with van der Waals surface area (Å²) < 4.78 is 5.95. The number of hydrogen-bond acceptors (Lipinski definition) is 4. The van der Waals surface area contributed by atoms with Crippen molar-refractivity contribution < 1.29 is 20.1 Å². The molecule has 4 unspecified atom stereocenters. The zero-order chi connectivity index (χ0) is 18.0. The molecule has 3 N–H and O–H groups in total. The first-order valence-corrected chi connectivity index (χ1v) is 8.81. The molecule has 4 heteroatoms. The number of aliphatic hydroxyl groups is 2. The fourth-order valence-electron chi connectivity index (χ4n) is 3.59. The monoisotopic (exact) mass is 342 g/mol. The average Bonchev–Trinajstić information content (AvgIpc) is 2.61. The van der Waals surface area contributed by atoms with Gasteiger partial charge in [-0.3, -0.25) is 0 Å². The lowest BCUT2D eigenvalue weighted by molar-refractivity contribution is -0.113. The van der Waals surface area contributed by atoms with Crippen LogP contribution in [0.4, 0.5) is 0 Å². The van der Waals surface area contributed by atoms with Crippen LogP contribution in [0.5, 0.6) is 5.75 Å². The van der Waals surface area contributed by atoms with E-state index in [1.807, 2.05) is 18.2 Å². The summed E-state index contributed by atoms with van der Waals surface area (Å²) in [6.45, 7) is 4.16. The van der Waals surface area contributed by atoms with E-state index >= 15 is 0 Å². The lowest BCUT2D eigenvalue weighted by Gasteiger charge is -2.33. The molecule has 1 aliphatic rings. The van der Waals surface area contributed by atoms with Crippen LogP contribution in [0.15, 0.2) is 42.5 Å². The highest BCUT2D eigenvalue weighted by molar-refractivity contribution is 5.41. The molecule has 2 aromatic carbocycles. The summed E-state index contributed by atoms with van der Waals surface area (Å²) in [6, 6.07) is 13.6. The molecule has 0 bridgehead atoms. The Morgan fingerprint density at radius 2 is 1.84 bits per heavy atom. The minimum Gasteiger partial charge on any atom is -0.508 e. The van der Waals surface area contributed by atoms with Crippen molar-refractivity contribution in [3.63, 3.8) is 0 Å². The van der Waals surface area contributed by atoms with E-state index < -0.39 is 6.10 Å². The SMILES string of the molecule is Cc1ccc(C2CC(O)CC(CO)O2)cc1C(C)c1ccc(O)cc1. The van der Waals surface area contributed by atoms with Crippen LogP contribution >= 0.6 is 0 Å². The number of benzene rings is 2. The molecule has 3 rings (SSSR count). The first-order chi connectivity index (χ1) is 12.0. The van der Waals surface area contributed by atoms with Gasteiger partial charge in [-0.2, -0.15) is 0 Å². The van der Waals surface area contributed by atoms with Gasteiger partial charge in [0.25, 0.3) is 0 Å². The minimum atomic E-state index is -0.449. The molecule has 2 aromatic rings. The Morgan fingerprint density at radius 1 is 1.12 bits per heavy atom. The zero-order valence-corrected chi connectivity index (χ0v) is 14.7. The maximum absolute atomic E-state index is 10.1. The average molecular weight is 342 g/mol. The van der Waals surface area contributed by atoms with Gasteiger partial charge in [-0.05, 0) is 41.3 Å². The van der Waals surface area contributed by atoms with Gasteiger partial charge in [-0.25, -0.2) is 0 Å². The number of rotatable bonds is 4. The molecule has 1 heterocycles. The lowest BCUT2D eigenvalue weighted by Crippen LogP contribution is -2.33. The highest BCUT2D eigenvalue weighted by Gasteiger charge is 2.29. The van der Waals surface area contributed by atoms with Crippen molar-refractivity contribution in [2.24, 2.45) is 0 Å². The molecule has 1 saturated heterocycles. The normalized spacial score (nSPS) is 24.9. The molecule has 25 heavy (non-hydrogen) atoms. The van der Waals surface area contributed by atoms with Crippen molar-refractivity contribution in [1.29, 1.82) is 0 Å². The minimum absolute atomic E-state index is 0.0732. The van der Waals surface area contributed by atoms with Gasteiger partial charge in [0, 0.05) is 18.8 Å². The van der Waals surface area contributed by atoms with E-state index in [4.69, 9.17) is 4.74 Å². The number of hydrogen-bond donors (Lipinski definition) is 3. The molecule has 0 spiro atoms. The molecule has 4 nitrogen and oxygen atoms in total. The molecule has 0 amide bonds. The van der Waals surface area contributed by atoms with E-state index in [0.717, 1.165) is 11.1 Å². The smallest absolute Gasteiger partial charge is 0.115 e. The Kier molecular flexibility index (Phi) is 5.42. The van der Waals surface area contributed by atoms with E-state index in [-0.39, 0.29) is 30.5 Å². The lowest BCUT2D eigenvalue weighted by atomic mass is 9.87. The first-order valence-electron chi connectivity index (χ1n) is 8.81. The molecule has 1 aliphatic heterocycles. The van der Waals surface area contributed by atoms with Crippen molar-refractivity contribution in [3.05, 3.63) is 64.7 Å². The molecule has 134 valence electrons. The Morgan fingerprint density at radius 3 is 2.52 bits per heavy atom. The number of aryl methyl sites for hydroxylation is 1. The zero-order valence-electron chi connectivity index (χ0n) is 14.7. The number of phenols is 1. The number of aliphatic hydroxyl groups excluding tert-OH is 2. The fourth-order valence-corrected chi connectivity index (χ4v) is 3.59. The van der Waals surface area contributed by atoms with E-state index in [9.17, 15) is 15.3 Å². The van der Waals surface area contributed by atoms with Gasteiger partial charge in [-0.15, -0.1) is 0 Å². The molecule has 4 atom stereocenters. The molecule has 0 radical (unpaired) electrons. The summed E-state index contributed by atoms with van der Waals surface area (Å²) in [5.74, 6) is 0.448. The largest absolute Gasteiger partial charge is 0.508 e. The summed E-state index contributed by atoms with van der Waals surface area (Å²) >= 11 is 0. The fraction of sp³-hybridized carbons (Fsp3) is 0.429. The van der Waals surface area contributed by atoms with Crippen molar-refractivity contribution >= 4 is 0 Å². The molecular weight excluding hydrogens is 316 g/mol. The maximum Gasteiger partial charge on any atom is 0.115 e. The van der Waals surface area contributed by atoms with Gasteiger partial charge < -0.3 is 20.1 Å².